The average molecular weight is 452 g/mol. The SMILES string of the molecule is O=C(CSc1cccc(NC(=S)Nc2ccccc2)c1)Nc1ccc2c(c1)OCCO2. The maximum Gasteiger partial charge on any atom is 0.234 e. The number of thioether (sulfide) groups is 1. The van der Waals surface area contributed by atoms with E-state index in [1.54, 1.807) is 18.2 Å². The van der Waals surface area contributed by atoms with Gasteiger partial charge in [0.1, 0.15) is 13.2 Å². The van der Waals surface area contributed by atoms with Gasteiger partial charge in [-0.15, -0.1) is 11.8 Å². The number of ether oxygens (including phenoxy) is 2. The molecular weight excluding hydrogens is 430 g/mol. The number of anilines is 3. The number of hydrogen-bond acceptors (Lipinski definition) is 5. The first-order chi connectivity index (χ1) is 15.2. The second-order valence-corrected chi connectivity index (χ2v) is 8.13. The van der Waals surface area contributed by atoms with E-state index in [9.17, 15) is 4.79 Å². The molecule has 3 aromatic carbocycles. The molecule has 0 radical (unpaired) electrons. The van der Waals surface area contributed by atoms with Crippen molar-refractivity contribution < 1.29 is 14.3 Å². The van der Waals surface area contributed by atoms with E-state index in [1.165, 1.54) is 11.8 Å². The predicted octanol–water partition coefficient (Wildman–Crippen LogP) is 5.00. The van der Waals surface area contributed by atoms with Gasteiger partial charge in [0.25, 0.3) is 0 Å². The Morgan fingerprint density at radius 1 is 0.806 bits per heavy atom. The molecule has 6 nitrogen and oxygen atoms in total. The van der Waals surface area contributed by atoms with Crippen LogP contribution in [-0.4, -0.2) is 30.0 Å². The van der Waals surface area contributed by atoms with Crippen LogP contribution < -0.4 is 25.4 Å². The Kier molecular flexibility index (Phi) is 6.91. The van der Waals surface area contributed by atoms with Gasteiger partial charge in [-0.3, -0.25) is 4.79 Å². The lowest BCUT2D eigenvalue weighted by Crippen LogP contribution is -2.19. The van der Waals surface area contributed by atoms with Gasteiger partial charge in [-0.25, -0.2) is 0 Å². The molecular formula is C23H21N3O3S2. The van der Waals surface area contributed by atoms with Crippen LogP contribution in [0.2, 0.25) is 0 Å². The minimum absolute atomic E-state index is 0.0960. The molecule has 1 aliphatic rings. The Hall–Kier alpha value is -3.23. The standard InChI is InChI=1S/C23H21N3O3S2/c27-22(24-18-9-10-20-21(14-18)29-12-11-28-20)15-31-19-8-4-7-17(13-19)26-23(30)25-16-5-2-1-3-6-16/h1-10,13-14H,11-12,15H2,(H,24,27)(H2,25,26,30). The second-order valence-electron chi connectivity index (χ2n) is 6.67. The van der Waals surface area contributed by atoms with Crippen molar-refractivity contribution in [2.75, 3.05) is 34.9 Å². The summed E-state index contributed by atoms with van der Waals surface area (Å²) in [5.74, 6) is 1.53. The predicted molar refractivity (Wildman–Crippen MR) is 130 cm³/mol. The van der Waals surface area contributed by atoms with Gasteiger partial charge in [0.05, 0.1) is 5.75 Å². The van der Waals surface area contributed by atoms with Gasteiger partial charge in [0.15, 0.2) is 16.6 Å². The molecule has 8 heteroatoms. The fraction of sp³-hybridized carbons (Fsp3) is 0.130. The summed E-state index contributed by atoms with van der Waals surface area (Å²) in [5.41, 5.74) is 2.45. The van der Waals surface area contributed by atoms with Crippen molar-refractivity contribution in [1.29, 1.82) is 0 Å². The summed E-state index contributed by atoms with van der Waals surface area (Å²) in [6, 6.07) is 22.9. The lowest BCUT2D eigenvalue weighted by atomic mass is 10.2. The van der Waals surface area contributed by atoms with E-state index in [1.807, 2.05) is 54.6 Å². The Balaban J connectivity index is 1.28. The van der Waals surface area contributed by atoms with Crippen LogP contribution in [0.5, 0.6) is 11.5 Å². The first kappa shape index (κ1) is 21.0. The van der Waals surface area contributed by atoms with Crippen molar-refractivity contribution >= 4 is 52.1 Å². The van der Waals surface area contributed by atoms with Gasteiger partial charge in [-0.2, -0.15) is 0 Å². The fourth-order valence-electron chi connectivity index (χ4n) is 2.95. The number of fused-ring (bicyclic) bond motifs is 1. The van der Waals surface area contributed by atoms with Gasteiger partial charge in [0.2, 0.25) is 5.91 Å². The van der Waals surface area contributed by atoms with Crippen molar-refractivity contribution in [3.63, 3.8) is 0 Å². The molecule has 4 rings (SSSR count). The molecule has 1 aliphatic heterocycles. The zero-order valence-corrected chi connectivity index (χ0v) is 18.2. The number of nitrogens with one attached hydrogen (secondary N) is 3. The molecule has 0 aliphatic carbocycles. The number of carbonyl (C=O) groups excluding carboxylic acids is 1. The van der Waals surface area contributed by atoms with E-state index in [0.717, 1.165) is 16.3 Å². The first-order valence-electron chi connectivity index (χ1n) is 9.71. The minimum Gasteiger partial charge on any atom is -0.486 e. The summed E-state index contributed by atoms with van der Waals surface area (Å²) in [7, 11) is 0. The van der Waals surface area contributed by atoms with Crippen LogP contribution in [0.25, 0.3) is 0 Å². The highest BCUT2D eigenvalue weighted by molar-refractivity contribution is 8.00. The third kappa shape index (κ3) is 6.13. The van der Waals surface area contributed by atoms with Crippen LogP contribution in [0, 0.1) is 0 Å². The fourth-order valence-corrected chi connectivity index (χ4v) is 3.94. The number of thiocarbonyl (C=S) groups is 1. The van der Waals surface area contributed by atoms with Gasteiger partial charge in [-0.05, 0) is 54.7 Å². The summed E-state index contributed by atoms with van der Waals surface area (Å²) in [5, 5.41) is 9.71. The highest BCUT2D eigenvalue weighted by Gasteiger charge is 2.13. The Labute approximate surface area is 190 Å². The molecule has 0 aromatic heterocycles. The van der Waals surface area contributed by atoms with Crippen LogP contribution in [-0.2, 0) is 4.79 Å². The topological polar surface area (TPSA) is 71.6 Å². The molecule has 0 atom stereocenters. The van der Waals surface area contributed by atoms with Crippen LogP contribution in [0.1, 0.15) is 0 Å². The van der Waals surface area contributed by atoms with Gasteiger partial charge >= 0.3 is 0 Å². The van der Waals surface area contributed by atoms with Crippen molar-refractivity contribution in [2.45, 2.75) is 4.90 Å². The molecule has 1 amide bonds. The Morgan fingerprint density at radius 3 is 2.35 bits per heavy atom. The van der Waals surface area contributed by atoms with Gasteiger partial charge in [-0.1, -0.05) is 24.3 Å². The van der Waals surface area contributed by atoms with E-state index < -0.39 is 0 Å². The number of carbonyl (C=O) groups is 1. The molecule has 31 heavy (non-hydrogen) atoms. The molecule has 158 valence electrons. The molecule has 0 saturated carbocycles. The second kappa shape index (κ2) is 10.2. The highest BCUT2D eigenvalue weighted by atomic mass is 32.2. The van der Waals surface area contributed by atoms with Crippen molar-refractivity contribution in [3.05, 3.63) is 72.8 Å². The summed E-state index contributed by atoms with van der Waals surface area (Å²) < 4.78 is 11.1. The number of rotatable bonds is 6. The van der Waals surface area contributed by atoms with E-state index in [2.05, 4.69) is 16.0 Å². The van der Waals surface area contributed by atoms with Crippen molar-refractivity contribution in [2.24, 2.45) is 0 Å². The third-order valence-corrected chi connectivity index (χ3v) is 5.52. The molecule has 0 unspecified atom stereocenters. The lowest BCUT2D eigenvalue weighted by molar-refractivity contribution is -0.113. The normalized spacial score (nSPS) is 12.0. The molecule has 0 saturated heterocycles. The van der Waals surface area contributed by atoms with E-state index in [4.69, 9.17) is 21.7 Å². The van der Waals surface area contributed by atoms with Gasteiger partial charge < -0.3 is 25.4 Å². The van der Waals surface area contributed by atoms with E-state index in [0.29, 0.717) is 35.5 Å². The van der Waals surface area contributed by atoms with Gasteiger partial charge in [0, 0.05) is 28.0 Å². The summed E-state index contributed by atoms with van der Waals surface area (Å²) in [4.78, 5) is 13.3. The maximum absolute atomic E-state index is 12.4. The molecule has 3 N–H and O–H groups in total. The van der Waals surface area contributed by atoms with Crippen LogP contribution >= 0.6 is 24.0 Å². The van der Waals surface area contributed by atoms with Crippen LogP contribution in [0.3, 0.4) is 0 Å². The largest absolute Gasteiger partial charge is 0.486 e. The summed E-state index contributed by atoms with van der Waals surface area (Å²) in [6.45, 7) is 1.05. The number of amides is 1. The third-order valence-electron chi connectivity index (χ3n) is 4.32. The zero-order valence-electron chi connectivity index (χ0n) is 16.6. The van der Waals surface area contributed by atoms with E-state index >= 15 is 0 Å². The number of para-hydroxylation sites is 1. The molecule has 1 heterocycles. The number of hydrogen-bond donors (Lipinski definition) is 3. The average Bonchev–Trinajstić information content (AvgIpc) is 2.78. The Bertz CT molecular complexity index is 1080. The molecule has 3 aromatic rings. The van der Waals surface area contributed by atoms with Crippen molar-refractivity contribution in [3.8, 4) is 11.5 Å². The lowest BCUT2D eigenvalue weighted by Gasteiger charge is -2.19. The first-order valence-corrected chi connectivity index (χ1v) is 11.1. The number of benzene rings is 3. The van der Waals surface area contributed by atoms with Crippen LogP contribution in [0.15, 0.2) is 77.7 Å². The van der Waals surface area contributed by atoms with E-state index in [-0.39, 0.29) is 11.7 Å². The summed E-state index contributed by atoms with van der Waals surface area (Å²) >= 11 is 6.82. The zero-order chi connectivity index (χ0) is 21.5. The smallest absolute Gasteiger partial charge is 0.234 e. The molecule has 0 bridgehead atoms. The summed E-state index contributed by atoms with van der Waals surface area (Å²) in [6.07, 6.45) is 0. The van der Waals surface area contributed by atoms with Crippen molar-refractivity contribution in [1.82, 2.24) is 0 Å². The molecule has 0 fully saturated rings. The Morgan fingerprint density at radius 2 is 1.52 bits per heavy atom. The monoisotopic (exact) mass is 451 g/mol. The maximum atomic E-state index is 12.4. The quantitative estimate of drug-likeness (QED) is 0.360. The highest BCUT2D eigenvalue weighted by Crippen LogP contribution is 2.32. The molecule has 0 spiro atoms. The minimum atomic E-state index is -0.0960. The van der Waals surface area contributed by atoms with Crippen LogP contribution in [0.4, 0.5) is 17.1 Å².